The zero-order chi connectivity index (χ0) is 26.5. The first-order valence-corrected chi connectivity index (χ1v) is 15.7. The van der Waals surface area contributed by atoms with Crippen LogP contribution in [0, 0.1) is 0 Å². The molecule has 0 amide bonds. The summed E-state index contributed by atoms with van der Waals surface area (Å²) in [5, 5.41) is 12.4. The number of unbranched alkanes of at least 4 members (excludes halogenated alkanes) is 21. The SMILES string of the molecule is CCCCCCCCCCCCCCCCCOC(=O)CC(NCCCCCCCCCC)C(=O)O. The molecular formula is C31H61NO4. The monoisotopic (exact) mass is 511 g/mol. The smallest absolute Gasteiger partial charge is 0.321 e. The van der Waals surface area contributed by atoms with Gasteiger partial charge < -0.3 is 15.2 Å². The van der Waals surface area contributed by atoms with Crippen molar-refractivity contribution in [1.29, 1.82) is 0 Å². The van der Waals surface area contributed by atoms with Gasteiger partial charge in [0, 0.05) is 0 Å². The van der Waals surface area contributed by atoms with Gasteiger partial charge in [0.1, 0.15) is 6.04 Å². The highest BCUT2D eigenvalue weighted by atomic mass is 16.5. The van der Waals surface area contributed by atoms with E-state index in [4.69, 9.17) is 4.74 Å². The van der Waals surface area contributed by atoms with E-state index in [2.05, 4.69) is 19.2 Å². The predicted molar refractivity (Wildman–Crippen MR) is 153 cm³/mol. The third kappa shape index (κ3) is 26.0. The van der Waals surface area contributed by atoms with Crippen molar-refractivity contribution >= 4 is 11.9 Å². The lowest BCUT2D eigenvalue weighted by Crippen LogP contribution is -2.39. The standard InChI is InChI=1S/C31H61NO4/c1-3-5-7-9-11-13-14-15-16-17-18-19-21-23-25-27-36-30(33)28-29(31(34)35)32-26-24-22-20-12-10-8-6-4-2/h29,32H,3-28H2,1-2H3,(H,34,35). The molecule has 1 atom stereocenters. The molecule has 0 aromatic carbocycles. The summed E-state index contributed by atoms with van der Waals surface area (Å²) in [5.41, 5.74) is 0. The van der Waals surface area contributed by atoms with Gasteiger partial charge in [-0.25, -0.2) is 0 Å². The molecule has 2 N–H and O–H groups in total. The topological polar surface area (TPSA) is 75.6 Å². The lowest BCUT2D eigenvalue weighted by molar-refractivity contribution is -0.149. The molecule has 1 unspecified atom stereocenters. The fourth-order valence-corrected chi connectivity index (χ4v) is 4.67. The van der Waals surface area contributed by atoms with Crippen molar-refractivity contribution in [2.24, 2.45) is 0 Å². The fraction of sp³-hybridized carbons (Fsp3) is 0.935. The van der Waals surface area contributed by atoms with E-state index in [1.807, 2.05) is 0 Å². The number of rotatable bonds is 29. The van der Waals surface area contributed by atoms with Crippen LogP contribution >= 0.6 is 0 Å². The van der Waals surface area contributed by atoms with Crippen molar-refractivity contribution in [1.82, 2.24) is 5.32 Å². The van der Waals surface area contributed by atoms with Crippen LogP contribution in [0.15, 0.2) is 0 Å². The molecule has 0 fully saturated rings. The van der Waals surface area contributed by atoms with E-state index in [1.165, 1.54) is 122 Å². The molecule has 0 aromatic heterocycles. The van der Waals surface area contributed by atoms with Crippen LogP contribution in [0.2, 0.25) is 0 Å². The molecule has 0 radical (unpaired) electrons. The lowest BCUT2D eigenvalue weighted by atomic mass is 10.0. The van der Waals surface area contributed by atoms with Crippen LogP contribution in [0.4, 0.5) is 0 Å². The minimum absolute atomic E-state index is 0.0922. The Hall–Kier alpha value is -1.10. The first-order valence-electron chi connectivity index (χ1n) is 15.7. The minimum atomic E-state index is -0.974. The van der Waals surface area contributed by atoms with Crippen molar-refractivity contribution < 1.29 is 19.4 Å². The number of ether oxygens (including phenoxy) is 1. The molecule has 36 heavy (non-hydrogen) atoms. The third-order valence-corrected chi connectivity index (χ3v) is 7.10. The van der Waals surface area contributed by atoms with E-state index >= 15 is 0 Å². The molecule has 5 heteroatoms. The zero-order valence-corrected chi connectivity index (χ0v) is 24.1. The van der Waals surface area contributed by atoms with Gasteiger partial charge in [0.25, 0.3) is 0 Å². The summed E-state index contributed by atoms with van der Waals surface area (Å²) in [7, 11) is 0. The maximum absolute atomic E-state index is 12.0. The molecule has 0 aromatic rings. The number of esters is 1. The fourth-order valence-electron chi connectivity index (χ4n) is 4.67. The second kappa shape index (κ2) is 28.5. The van der Waals surface area contributed by atoms with Crippen LogP contribution < -0.4 is 5.32 Å². The van der Waals surface area contributed by atoms with E-state index in [0.717, 1.165) is 25.7 Å². The van der Waals surface area contributed by atoms with Gasteiger partial charge in [0.2, 0.25) is 0 Å². The Bertz CT molecular complexity index is 483. The maximum atomic E-state index is 12.0. The molecule has 0 aliphatic carbocycles. The number of hydrogen-bond donors (Lipinski definition) is 2. The highest BCUT2D eigenvalue weighted by Crippen LogP contribution is 2.13. The molecule has 214 valence electrons. The summed E-state index contributed by atoms with van der Waals surface area (Å²) in [5.74, 6) is -1.38. The highest BCUT2D eigenvalue weighted by Gasteiger charge is 2.21. The van der Waals surface area contributed by atoms with Crippen molar-refractivity contribution in [3.05, 3.63) is 0 Å². The minimum Gasteiger partial charge on any atom is -0.480 e. The first-order chi connectivity index (χ1) is 17.6. The summed E-state index contributed by atoms with van der Waals surface area (Å²) >= 11 is 0. The number of carbonyl (C=O) groups excluding carboxylic acids is 1. The lowest BCUT2D eigenvalue weighted by Gasteiger charge is -2.14. The number of nitrogens with one attached hydrogen (secondary N) is 1. The van der Waals surface area contributed by atoms with Crippen molar-refractivity contribution in [2.75, 3.05) is 13.2 Å². The van der Waals surface area contributed by atoms with Gasteiger partial charge in [-0.3, -0.25) is 9.59 Å². The molecule has 0 rings (SSSR count). The number of aliphatic carboxylic acids is 1. The Labute approximate surface area is 223 Å². The molecule has 0 saturated heterocycles. The molecule has 5 nitrogen and oxygen atoms in total. The van der Waals surface area contributed by atoms with E-state index in [9.17, 15) is 14.7 Å². The second-order valence-electron chi connectivity index (χ2n) is 10.7. The van der Waals surface area contributed by atoms with Crippen molar-refractivity contribution in [3.63, 3.8) is 0 Å². The van der Waals surface area contributed by atoms with Crippen molar-refractivity contribution in [3.8, 4) is 0 Å². The van der Waals surface area contributed by atoms with Crippen LogP contribution in [-0.2, 0) is 14.3 Å². The molecule has 0 aliphatic rings. The van der Waals surface area contributed by atoms with Gasteiger partial charge in [0.15, 0.2) is 0 Å². The zero-order valence-electron chi connectivity index (χ0n) is 24.1. The maximum Gasteiger partial charge on any atom is 0.321 e. The van der Waals surface area contributed by atoms with Crippen LogP contribution in [-0.4, -0.2) is 36.2 Å². The first kappa shape index (κ1) is 34.9. The summed E-state index contributed by atoms with van der Waals surface area (Å²) < 4.78 is 5.29. The van der Waals surface area contributed by atoms with Crippen LogP contribution in [0.25, 0.3) is 0 Å². The molecular weight excluding hydrogens is 450 g/mol. The van der Waals surface area contributed by atoms with Crippen LogP contribution in [0.5, 0.6) is 0 Å². The largest absolute Gasteiger partial charge is 0.480 e. The highest BCUT2D eigenvalue weighted by molar-refractivity contribution is 5.81. The Kier molecular flexibility index (Phi) is 27.6. The molecule has 0 aliphatic heterocycles. The van der Waals surface area contributed by atoms with Crippen LogP contribution in [0.1, 0.15) is 168 Å². The molecule has 0 bridgehead atoms. The molecule has 0 spiro atoms. The summed E-state index contributed by atoms with van der Waals surface area (Å²) in [4.78, 5) is 23.5. The normalized spacial score (nSPS) is 12.1. The van der Waals surface area contributed by atoms with Gasteiger partial charge in [-0.05, 0) is 19.4 Å². The van der Waals surface area contributed by atoms with E-state index in [-0.39, 0.29) is 6.42 Å². The average Bonchev–Trinajstić information content (AvgIpc) is 2.86. The van der Waals surface area contributed by atoms with Gasteiger partial charge in [0.05, 0.1) is 13.0 Å². The summed E-state index contributed by atoms with van der Waals surface area (Å²) in [6.45, 7) is 5.53. The number of carboxylic acids is 1. The molecule has 0 saturated carbocycles. The Morgan fingerprint density at radius 3 is 1.33 bits per heavy atom. The Balaban J connectivity index is 3.51. The van der Waals surface area contributed by atoms with Crippen molar-refractivity contribution in [2.45, 2.75) is 174 Å². The quantitative estimate of drug-likeness (QED) is 0.0774. The Morgan fingerprint density at radius 1 is 0.583 bits per heavy atom. The molecule has 0 heterocycles. The predicted octanol–water partition coefficient (Wildman–Crippen LogP) is 8.97. The number of carbonyl (C=O) groups is 2. The van der Waals surface area contributed by atoms with Crippen LogP contribution in [0.3, 0.4) is 0 Å². The second-order valence-corrected chi connectivity index (χ2v) is 10.7. The van der Waals surface area contributed by atoms with E-state index in [1.54, 1.807) is 0 Å². The number of carboxylic acid groups (broad SMARTS) is 1. The summed E-state index contributed by atoms with van der Waals surface area (Å²) in [6.07, 6.45) is 29.2. The van der Waals surface area contributed by atoms with Gasteiger partial charge in [-0.1, -0.05) is 149 Å². The average molecular weight is 512 g/mol. The van der Waals surface area contributed by atoms with E-state index < -0.39 is 18.0 Å². The van der Waals surface area contributed by atoms with Gasteiger partial charge >= 0.3 is 11.9 Å². The van der Waals surface area contributed by atoms with Gasteiger partial charge in [-0.15, -0.1) is 0 Å². The van der Waals surface area contributed by atoms with Gasteiger partial charge in [-0.2, -0.15) is 0 Å². The number of hydrogen-bond acceptors (Lipinski definition) is 4. The van der Waals surface area contributed by atoms with E-state index in [0.29, 0.717) is 13.2 Å². The third-order valence-electron chi connectivity index (χ3n) is 7.10. The Morgan fingerprint density at radius 2 is 0.944 bits per heavy atom. The summed E-state index contributed by atoms with van der Waals surface area (Å²) in [6, 6.07) is -0.844.